The first-order valence-electron chi connectivity index (χ1n) is 10.4. The van der Waals surface area contributed by atoms with Gasteiger partial charge in [-0.15, -0.1) is 0 Å². The molecule has 0 unspecified atom stereocenters. The third kappa shape index (κ3) is 4.50. The number of pyridine rings is 1. The number of aromatic nitrogens is 1. The summed E-state index contributed by atoms with van der Waals surface area (Å²) < 4.78 is 6.84. The minimum absolute atomic E-state index is 0.175. The Labute approximate surface area is 179 Å². The topological polar surface area (TPSA) is 107 Å². The van der Waals surface area contributed by atoms with Crippen molar-refractivity contribution in [2.75, 3.05) is 18.1 Å². The number of anilines is 1. The van der Waals surface area contributed by atoms with E-state index in [1.165, 1.54) is 34.1 Å². The Morgan fingerprint density at radius 2 is 2.00 bits per heavy atom. The van der Waals surface area contributed by atoms with Crippen LogP contribution in [0.5, 0.6) is 5.75 Å². The number of ether oxygens (including phenoxy) is 1. The minimum Gasteiger partial charge on any atom is -0.482 e. The average Bonchev–Trinajstić information content (AvgIpc) is 2.76. The number of non-ortho nitro benzene ring substituents is 1. The number of benzene rings is 1. The highest BCUT2D eigenvalue weighted by Crippen LogP contribution is 2.35. The molecule has 2 aliphatic rings. The number of aryl methyl sites for hydroxylation is 1. The summed E-state index contributed by atoms with van der Waals surface area (Å²) in [5.74, 6) is -0.443. The van der Waals surface area contributed by atoms with Crippen molar-refractivity contribution in [2.24, 2.45) is 4.99 Å². The Balaban J connectivity index is 1.66. The summed E-state index contributed by atoms with van der Waals surface area (Å²) in [5, 5.41) is 11.2. The zero-order valence-electron chi connectivity index (χ0n) is 17.3. The smallest absolute Gasteiger partial charge is 0.271 e. The summed E-state index contributed by atoms with van der Waals surface area (Å²) in [7, 11) is 0. The van der Waals surface area contributed by atoms with Gasteiger partial charge in [0.05, 0.1) is 16.7 Å². The maximum Gasteiger partial charge on any atom is 0.271 e. The second kappa shape index (κ2) is 8.71. The van der Waals surface area contributed by atoms with Crippen LogP contribution in [-0.4, -0.2) is 40.5 Å². The van der Waals surface area contributed by atoms with Gasteiger partial charge in [-0.2, -0.15) is 0 Å². The first-order valence-corrected chi connectivity index (χ1v) is 10.4. The number of fused-ring (bicyclic) bond motifs is 1. The fraction of sp³-hybridized carbons (Fsp3) is 0.409. The summed E-state index contributed by atoms with van der Waals surface area (Å²) in [4.78, 5) is 42.4. The zero-order valence-corrected chi connectivity index (χ0v) is 17.3. The van der Waals surface area contributed by atoms with Crippen LogP contribution in [0.25, 0.3) is 0 Å². The van der Waals surface area contributed by atoms with Crippen LogP contribution in [0.1, 0.15) is 42.5 Å². The van der Waals surface area contributed by atoms with Gasteiger partial charge >= 0.3 is 0 Å². The molecule has 0 saturated heterocycles. The number of amides is 1. The highest BCUT2D eigenvalue weighted by Gasteiger charge is 2.29. The number of nitrogens with zero attached hydrogens (tertiary/aromatic N) is 4. The van der Waals surface area contributed by atoms with E-state index >= 15 is 0 Å². The van der Waals surface area contributed by atoms with Crippen LogP contribution < -0.4 is 15.1 Å². The Morgan fingerprint density at radius 3 is 2.74 bits per heavy atom. The van der Waals surface area contributed by atoms with Gasteiger partial charge in [0.25, 0.3) is 17.5 Å². The van der Waals surface area contributed by atoms with E-state index in [4.69, 9.17) is 9.73 Å². The van der Waals surface area contributed by atoms with Gasteiger partial charge in [0, 0.05) is 18.3 Å². The van der Waals surface area contributed by atoms with Crippen molar-refractivity contribution in [3.8, 4) is 5.75 Å². The number of carbonyl (C=O) groups excluding carboxylic acids is 2. The lowest BCUT2D eigenvalue weighted by Gasteiger charge is -2.28. The van der Waals surface area contributed by atoms with E-state index in [-0.39, 0.29) is 36.5 Å². The largest absolute Gasteiger partial charge is 0.482 e. The van der Waals surface area contributed by atoms with Crippen molar-refractivity contribution >= 4 is 23.2 Å². The number of hydrogen-bond donors (Lipinski definition) is 0. The molecule has 2 heterocycles. The lowest BCUT2D eigenvalue weighted by molar-refractivity contribution is -0.384. The van der Waals surface area contributed by atoms with Gasteiger partial charge in [0.1, 0.15) is 17.8 Å². The quantitative estimate of drug-likeness (QED) is 0.554. The molecule has 9 nitrogen and oxygen atoms in total. The molecule has 0 N–H and O–H groups in total. The van der Waals surface area contributed by atoms with E-state index < -0.39 is 10.8 Å². The number of rotatable bonds is 4. The molecule has 1 saturated carbocycles. The molecule has 4 rings (SSSR count). The molecule has 1 aromatic carbocycles. The van der Waals surface area contributed by atoms with Crippen LogP contribution in [-0.2, 0) is 4.79 Å². The third-order valence-electron chi connectivity index (χ3n) is 5.64. The lowest BCUT2D eigenvalue weighted by Crippen LogP contribution is -2.45. The van der Waals surface area contributed by atoms with Crippen LogP contribution in [0.4, 0.5) is 11.4 Å². The maximum atomic E-state index is 13.2. The number of hydrogen-bond acceptors (Lipinski definition) is 6. The molecular weight excluding hydrogens is 400 g/mol. The lowest BCUT2D eigenvalue weighted by atomic mass is 9.96. The molecule has 1 fully saturated rings. The molecule has 2 aromatic rings. The molecule has 0 atom stereocenters. The van der Waals surface area contributed by atoms with Gasteiger partial charge in [0.15, 0.2) is 6.61 Å². The van der Waals surface area contributed by atoms with Gasteiger partial charge < -0.3 is 4.74 Å². The normalized spacial score (nSPS) is 17.3. The van der Waals surface area contributed by atoms with Crippen molar-refractivity contribution in [1.29, 1.82) is 0 Å². The number of carbonyl (C=O) groups is 2. The highest BCUT2D eigenvalue weighted by atomic mass is 16.6. The molecule has 1 amide bonds. The van der Waals surface area contributed by atoms with Gasteiger partial charge in [0.2, 0.25) is 0 Å². The van der Waals surface area contributed by atoms with Crippen LogP contribution in [0.15, 0.2) is 41.5 Å². The molecule has 1 aromatic heterocycles. The summed E-state index contributed by atoms with van der Waals surface area (Å²) in [6.45, 7) is 1.45. The van der Waals surface area contributed by atoms with Crippen molar-refractivity contribution in [3.05, 3.63) is 57.7 Å². The van der Waals surface area contributed by atoms with Crippen LogP contribution in [0.3, 0.4) is 0 Å². The van der Waals surface area contributed by atoms with E-state index in [9.17, 15) is 19.7 Å². The molecule has 0 spiro atoms. The van der Waals surface area contributed by atoms with Crippen molar-refractivity contribution in [3.63, 3.8) is 0 Å². The van der Waals surface area contributed by atoms with Crippen molar-refractivity contribution in [2.45, 2.75) is 45.1 Å². The Kier molecular flexibility index (Phi) is 5.83. The monoisotopic (exact) mass is 424 g/mol. The fourth-order valence-corrected chi connectivity index (χ4v) is 3.99. The van der Waals surface area contributed by atoms with Gasteiger partial charge in [-0.05, 0) is 43.5 Å². The Bertz CT molecular complexity index is 1100. The van der Waals surface area contributed by atoms with Gasteiger partial charge in [-0.1, -0.05) is 19.3 Å². The molecular formula is C22H24N4O5. The summed E-state index contributed by atoms with van der Waals surface area (Å²) >= 11 is 0. The van der Waals surface area contributed by atoms with E-state index in [2.05, 4.69) is 0 Å². The maximum absolute atomic E-state index is 13.2. The molecule has 1 aliphatic heterocycles. The Hall–Kier alpha value is -3.49. The van der Waals surface area contributed by atoms with Gasteiger partial charge in [-0.3, -0.25) is 34.2 Å². The molecule has 162 valence electrons. The molecule has 0 bridgehead atoms. The second-order valence-corrected chi connectivity index (χ2v) is 7.92. The highest BCUT2D eigenvalue weighted by molar-refractivity contribution is 6.02. The molecule has 0 radical (unpaired) electrons. The zero-order chi connectivity index (χ0) is 22.0. The van der Waals surface area contributed by atoms with Crippen molar-refractivity contribution in [1.82, 2.24) is 4.57 Å². The van der Waals surface area contributed by atoms with Gasteiger partial charge in [-0.25, -0.2) is 0 Å². The SMILES string of the molecule is Cc1ccn(C(=O)CN2C(=O)COc3ccc([N+](=O)[O-])cc32)c(=NC2CCCCC2)c1. The molecule has 31 heavy (non-hydrogen) atoms. The third-order valence-corrected chi connectivity index (χ3v) is 5.64. The van der Waals surface area contributed by atoms with Crippen LogP contribution in [0, 0.1) is 17.0 Å². The number of nitro benzene ring substituents is 1. The molecule has 9 heteroatoms. The predicted molar refractivity (Wildman–Crippen MR) is 113 cm³/mol. The van der Waals surface area contributed by atoms with E-state index in [0.717, 1.165) is 31.2 Å². The predicted octanol–water partition coefficient (Wildman–Crippen LogP) is 3.00. The van der Waals surface area contributed by atoms with Crippen LogP contribution in [0.2, 0.25) is 0 Å². The van der Waals surface area contributed by atoms with Crippen LogP contribution >= 0.6 is 0 Å². The fourth-order valence-electron chi connectivity index (χ4n) is 3.99. The number of nitro groups is 1. The standard InChI is InChI=1S/C22H24N4O5/c1-15-9-10-24(20(11-15)23-16-5-3-2-4-6-16)21(27)13-25-18-12-17(26(29)30)7-8-19(18)31-14-22(25)28/h7-12,16H,2-6,13-14H2,1H3. The Morgan fingerprint density at radius 1 is 1.23 bits per heavy atom. The van der Waals surface area contributed by atoms with E-state index in [0.29, 0.717) is 11.2 Å². The summed E-state index contributed by atoms with van der Waals surface area (Å²) in [6.07, 6.45) is 7.14. The second-order valence-electron chi connectivity index (χ2n) is 7.92. The van der Waals surface area contributed by atoms with Crippen molar-refractivity contribution < 1.29 is 19.2 Å². The van der Waals surface area contributed by atoms with E-state index in [1.807, 2.05) is 19.1 Å². The molecule has 1 aliphatic carbocycles. The first kappa shape index (κ1) is 20.8. The summed E-state index contributed by atoms with van der Waals surface area (Å²) in [5.41, 5.74) is 1.60. The summed E-state index contributed by atoms with van der Waals surface area (Å²) in [6, 6.07) is 7.88. The first-order chi connectivity index (χ1) is 14.9. The van der Waals surface area contributed by atoms with E-state index in [1.54, 1.807) is 6.20 Å². The minimum atomic E-state index is -0.546. The average molecular weight is 424 g/mol.